The predicted molar refractivity (Wildman–Crippen MR) is 85.0 cm³/mol. The molecule has 1 aromatic rings. The second kappa shape index (κ2) is 6.17. The van der Waals surface area contributed by atoms with Crippen LogP contribution < -0.4 is 5.32 Å². The number of hydrogen-bond donors (Lipinski definition) is 1. The molecule has 0 aliphatic carbocycles. The van der Waals surface area contributed by atoms with Crippen molar-refractivity contribution in [1.82, 2.24) is 9.88 Å². The molecular formula is C14H20IN3O. The van der Waals surface area contributed by atoms with E-state index in [4.69, 9.17) is 0 Å². The zero-order valence-corrected chi connectivity index (χ0v) is 13.7. The van der Waals surface area contributed by atoms with E-state index >= 15 is 0 Å². The molecule has 3 unspecified atom stereocenters. The standard InChI is InChI=1S/C14H20IN3O/c1-9-4-5-10(2)18(9)11(3)14(19)17-13-7-6-12(15)8-16-13/h6-11H,4-5H2,1-3H3,(H,16,17,19). The number of likely N-dealkylation sites (tertiary alicyclic amines) is 1. The molecule has 0 bridgehead atoms. The van der Waals surface area contributed by atoms with E-state index < -0.39 is 0 Å². The van der Waals surface area contributed by atoms with Crippen molar-refractivity contribution in [2.24, 2.45) is 0 Å². The summed E-state index contributed by atoms with van der Waals surface area (Å²) in [5.41, 5.74) is 0. The van der Waals surface area contributed by atoms with Gasteiger partial charge in [-0.1, -0.05) is 0 Å². The smallest absolute Gasteiger partial charge is 0.242 e. The average molecular weight is 373 g/mol. The third-order valence-electron chi connectivity index (χ3n) is 3.83. The van der Waals surface area contributed by atoms with Crippen molar-refractivity contribution in [3.63, 3.8) is 0 Å². The highest BCUT2D eigenvalue weighted by Crippen LogP contribution is 2.26. The fraction of sp³-hybridized carbons (Fsp3) is 0.571. The molecule has 104 valence electrons. The summed E-state index contributed by atoms with van der Waals surface area (Å²) >= 11 is 2.20. The first-order valence-electron chi connectivity index (χ1n) is 6.69. The number of nitrogens with zero attached hydrogens (tertiary/aromatic N) is 2. The molecule has 0 radical (unpaired) electrons. The maximum atomic E-state index is 12.3. The predicted octanol–water partition coefficient (Wildman–Crippen LogP) is 2.89. The van der Waals surface area contributed by atoms with Gasteiger partial charge in [0.05, 0.1) is 6.04 Å². The molecule has 1 saturated heterocycles. The quantitative estimate of drug-likeness (QED) is 0.829. The molecule has 0 saturated carbocycles. The van der Waals surface area contributed by atoms with Crippen molar-refractivity contribution in [3.8, 4) is 0 Å². The van der Waals surface area contributed by atoms with Crippen molar-refractivity contribution in [2.45, 2.75) is 51.7 Å². The summed E-state index contributed by atoms with van der Waals surface area (Å²) in [5, 5.41) is 2.89. The van der Waals surface area contributed by atoms with E-state index in [-0.39, 0.29) is 11.9 Å². The van der Waals surface area contributed by atoms with Crippen LogP contribution in [0.3, 0.4) is 0 Å². The van der Waals surface area contributed by atoms with Crippen molar-refractivity contribution in [1.29, 1.82) is 0 Å². The van der Waals surface area contributed by atoms with Gasteiger partial charge in [-0.3, -0.25) is 9.69 Å². The number of rotatable bonds is 3. The number of amides is 1. The fourth-order valence-electron chi connectivity index (χ4n) is 2.79. The van der Waals surface area contributed by atoms with E-state index in [0.29, 0.717) is 17.9 Å². The van der Waals surface area contributed by atoms with Gasteiger partial charge in [0.1, 0.15) is 5.82 Å². The van der Waals surface area contributed by atoms with Gasteiger partial charge in [0.15, 0.2) is 0 Å². The molecule has 1 fully saturated rings. The van der Waals surface area contributed by atoms with Crippen LogP contribution in [0, 0.1) is 3.57 Å². The Morgan fingerprint density at radius 1 is 1.42 bits per heavy atom. The molecule has 1 N–H and O–H groups in total. The summed E-state index contributed by atoms with van der Waals surface area (Å²) < 4.78 is 1.06. The zero-order valence-electron chi connectivity index (χ0n) is 11.6. The Morgan fingerprint density at radius 3 is 2.58 bits per heavy atom. The lowest BCUT2D eigenvalue weighted by Gasteiger charge is -2.31. The van der Waals surface area contributed by atoms with Crippen LogP contribution in [-0.2, 0) is 4.79 Å². The van der Waals surface area contributed by atoms with Gasteiger partial charge in [-0.2, -0.15) is 0 Å². The number of carbonyl (C=O) groups is 1. The Bertz CT molecular complexity index is 439. The molecule has 1 aliphatic rings. The minimum atomic E-state index is -0.117. The van der Waals surface area contributed by atoms with Crippen LogP contribution in [-0.4, -0.2) is 33.9 Å². The monoisotopic (exact) mass is 373 g/mol. The first kappa shape index (κ1) is 14.7. The van der Waals surface area contributed by atoms with Crippen LogP contribution >= 0.6 is 22.6 Å². The molecule has 2 heterocycles. The van der Waals surface area contributed by atoms with Crippen molar-refractivity contribution in [3.05, 3.63) is 21.9 Å². The summed E-state index contributed by atoms with van der Waals surface area (Å²) in [6, 6.07) is 4.60. The largest absolute Gasteiger partial charge is 0.309 e. The van der Waals surface area contributed by atoms with E-state index in [0.717, 1.165) is 3.57 Å². The first-order chi connectivity index (χ1) is 8.99. The van der Waals surface area contributed by atoms with Crippen LogP contribution in [0.25, 0.3) is 0 Å². The molecule has 1 aliphatic heterocycles. The summed E-state index contributed by atoms with van der Waals surface area (Å²) in [5.74, 6) is 0.645. The van der Waals surface area contributed by atoms with Gasteiger partial charge in [-0.15, -0.1) is 0 Å². The van der Waals surface area contributed by atoms with Gasteiger partial charge in [0, 0.05) is 21.9 Å². The lowest BCUT2D eigenvalue weighted by Crippen LogP contribution is -2.46. The highest BCUT2D eigenvalue weighted by molar-refractivity contribution is 14.1. The fourth-order valence-corrected chi connectivity index (χ4v) is 3.11. The van der Waals surface area contributed by atoms with Crippen LogP contribution in [0.1, 0.15) is 33.6 Å². The average Bonchev–Trinajstić information content (AvgIpc) is 2.71. The third kappa shape index (κ3) is 3.45. The molecule has 1 amide bonds. The van der Waals surface area contributed by atoms with Gasteiger partial charge < -0.3 is 5.32 Å². The first-order valence-corrected chi connectivity index (χ1v) is 7.76. The van der Waals surface area contributed by atoms with Gasteiger partial charge in [-0.05, 0) is 68.3 Å². The number of carbonyl (C=O) groups excluding carboxylic acids is 1. The molecule has 1 aromatic heterocycles. The van der Waals surface area contributed by atoms with E-state index in [9.17, 15) is 4.79 Å². The minimum absolute atomic E-state index is 0.0225. The lowest BCUT2D eigenvalue weighted by molar-refractivity contribution is -0.121. The van der Waals surface area contributed by atoms with E-state index in [1.54, 1.807) is 6.20 Å². The number of nitrogens with one attached hydrogen (secondary N) is 1. The van der Waals surface area contributed by atoms with Gasteiger partial charge >= 0.3 is 0 Å². The van der Waals surface area contributed by atoms with Crippen LogP contribution in [0.5, 0.6) is 0 Å². The summed E-state index contributed by atoms with van der Waals surface area (Å²) in [6.45, 7) is 6.35. The molecule has 2 rings (SSSR count). The Kier molecular flexibility index (Phi) is 4.78. The highest BCUT2D eigenvalue weighted by Gasteiger charge is 2.34. The Balaban J connectivity index is 2.01. The van der Waals surface area contributed by atoms with Crippen molar-refractivity contribution >= 4 is 34.3 Å². The minimum Gasteiger partial charge on any atom is -0.309 e. The molecule has 3 atom stereocenters. The number of anilines is 1. The van der Waals surface area contributed by atoms with E-state index in [2.05, 4.69) is 51.6 Å². The molecule has 5 heteroatoms. The van der Waals surface area contributed by atoms with Crippen molar-refractivity contribution in [2.75, 3.05) is 5.32 Å². The Morgan fingerprint density at radius 2 is 2.05 bits per heavy atom. The maximum absolute atomic E-state index is 12.3. The SMILES string of the molecule is CC1CCC(C)N1C(C)C(=O)Nc1ccc(I)cn1. The number of pyridine rings is 1. The second-order valence-corrected chi connectivity index (χ2v) is 6.50. The Labute approximate surface area is 128 Å². The van der Waals surface area contributed by atoms with Crippen LogP contribution in [0.2, 0.25) is 0 Å². The molecule has 0 spiro atoms. The van der Waals surface area contributed by atoms with Crippen LogP contribution in [0.4, 0.5) is 5.82 Å². The maximum Gasteiger partial charge on any atom is 0.242 e. The summed E-state index contributed by atoms with van der Waals surface area (Å²) in [7, 11) is 0. The molecule has 19 heavy (non-hydrogen) atoms. The number of hydrogen-bond acceptors (Lipinski definition) is 3. The Hall–Kier alpha value is -0.690. The summed E-state index contributed by atoms with van der Waals surface area (Å²) in [4.78, 5) is 18.8. The second-order valence-electron chi connectivity index (χ2n) is 5.25. The number of aromatic nitrogens is 1. The normalized spacial score (nSPS) is 25.3. The molecule has 0 aromatic carbocycles. The topological polar surface area (TPSA) is 45.2 Å². The molecule has 4 nitrogen and oxygen atoms in total. The van der Waals surface area contributed by atoms with Crippen molar-refractivity contribution < 1.29 is 4.79 Å². The number of halogens is 1. The summed E-state index contributed by atoms with van der Waals surface area (Å²) in [6.07, 6.45) is 4.09. The molecular weight excluding hydrogens is 353 g/mol. The van der Waals surface area contributed by atoms with Gasteiger partial charge in [0.25, 0.3) is 0 Å². The van der Waals surface area contributed by atoms with Crippen LogP contribution in [0.15, 0.2) is 18.3 Å². The van der Waals surface area contributed by atoms with E-state index in [1.807, 2.05) is 19.1 Å². The highest BCUT2D eigenvalue weighted by atomic mass is 127. The van der Waals surface area contributed by atoms with Gasteiger partial charge in [0.2, 0.25) is 5.91 Å². The zero-order chi connectivity index (χ0) is 14.0. The lowest BCUT2D eigenvalue weighted by atomic mass is 10.2. The third-order valence-corrected chi connectivity index (χ3v) is 4.46. The van der Waals surface area contributed by atoms with E-state index in [1.165, 1.54) is 12.8 Å². The van der Waals surface area contributed by atoms with Gasteiger partial charge in [-0.25, -0.2) is 4.98 Å².